The molecule has 1 aromatic rings. The minimum Gasteiger partial charge on any atom is -0.481 e. The van der Waals surface area contributed by atoms with Crippen LogP contribution in [0.25, 0.3) is 0 Å². The highest BCUT2D eigenvalue weighted by molar-refractivity contribution is 5.93. The minimum absolute atomic E-state index is 0.0628. The quantitative estimate of drug-likeness (QED) is 0.123. The average molecular weight is 537 g/mol. The Morgan fingerprint density at radius 1 is 0.526 bits per heavy atom. The van der Waals surface area contributed by atoms with Crippen LogP contribution in [0.4, 0.5) is 0 Å². The first-order valence-electron chi connectivity index (χ1n) is 14.2. The van der Waals surface area contributed by atoms with Crippen molar-refractivity contribution in [3.05, 3.63) is 35.4 Å². The van der Waals surface area contributed by atoms with Gasteiger partial charge in [-0.1, -0.05) is 78.1 Å². The third-order valence-corrected chi connectivity index (χ3v) is 5.85. The number of carbonyl (C=O) groups is 4. The van der Waals surface area contributed by atoms with Gasteiger partial charge < -0.3 is 19.7 Å². The highest BCUT2D eigenvalue weighted by Crippen LogP contribution is 2.10. The van der Waals surface area contributed by atoms with Crippen molar-refractivity contribution in [3.63, 3.8) is 0 Å². The van der Waals surface area contributed by atoms with Crippen molar-refractivity contribution in [2.45, 2.75) is 117 Å². The third-order valence-electron chi connectivity index (χ3n) is 5.85. The molecule has 0 radical (unpaired) electrons. The normalized spacial score (nSPS) is 10.3. The SMILES string of the molecule is CCCCCCCCOC(=O)c1ccc(C(=O)OCCCCCCCC)cc1.O=C(O)CCCCC(=O)O. The number of unbranched alkanes of at least 4 members (excludes halogenated alkanes) is 11. The fourth-order valence-corrected chi connectivity index (χ4v) is 3.56. The van der Waals surface area contributed by atoms with E-state index in [0.29, 0.717) is 37.2 Å². The summed E-state index contributed by atoms with van der Waals surface area (Å²) in [6.45, 7) is 5.30. The van der Waals surface area contributed by atoms with Crippen LogP contribution in [0, 0.1) is 0 Å². The zero-order valence-corrected chi connectivity index (χ0v) is 23.4. The van der Waals surface area contributed by atoms with Gasteiger partial charge in [0.1, 0.15) is 0 Å². The topological polar surface area (TPSA) is 127 Å². The summed E-state index contributed by atoms with van der Waals surface area (Å²) >= 11 is 0. The largest absolute Gasteiger partial charge is 0.481 e. The van der Waals surface area contributed by atoms with Crippen LogP contribution in [-0.4, -0.2) is 47.3 Å². The Morgan fingerprint density at radius 2 is 0.842 bits per heavy atom. The van der Waals surface area contributed by atoms with Gasteiger partial charge in [-0.15, -0.1) is 0 Å². The Kier molecular flexibility index (Phi) is 22.6. The molecule has 8 nitrogen and oxygen atoms in total. The molecule has 0 aliphatic heterocycles. The fourth-order valence-electron chi connectivity index (χ4n) is 3.56. The zero-order valence-electron chi connectivity index (χ0n) is 23.4. The van der Waals surface area contributed by atoms with Gasteiger partial charge in [0.2, 0.25) is 0 Å². The van der Waals surface area contributed by atoms with Crippen molar-refractivity contribution in [1.29, 1.82) is 0 Å². The highest BCUT2D eigenvalue weighted by atomic mass is 16.5. The Morgan fingerprint density at radius 3 is 1.16 bits per heavy atom. The van der Waals surface area contributed by atoms with Crippen LogP contribution in [0.5, 0.6) is 0 Å². The monoisotopic (exact) mass is 536 g/mol. The number of benzene rings is 1. The molecular formula is C30H48O8. The van der Waals surface area contributed by atoms with E-state index in [-0.39, 0.29) is 24.8 Å². The molecule has 0 aromatic heterocycles. The molecule has 0 amide bonds. The van der Waals surface area contributed by atoms with Gasteiger partial charge in [-0.2, -0.15) is 0 Å². The van der Waals surface area contributed by atoms with E-state index >= 15 is 0 Å². The van der Waals surface area contributed by atoms with E-state index < -0.39 is 11.9 Å². The van der Waals surface area contributed by atoms with Crippen LogP contribution in [0.2, 0.25) is 0 Å². The summed E-state index contributed by atoms with van der Waals surface area (Å²) in [5.41, 5.74) is 0.942. The summed E-state index contributed by atoms with van der Waals surface area (Å²) in [4.78, 5) is 43.9. The molecular weight excluding hydrogens is 488 g/mol. The van der Waals surface area contributed by atoms with Crippen LogP contribution in [-0.2, 0) is 19.1 Å². The van der Waals surface area contributed by atoms with Crippen molar-refractivity contribution in [3.8, 4) is 0 Å². The number of aliphatic carboxylic acids is 2. The molecule has 0 saturated heterocycles. The summed E-state index contributed by atoms with van der Waals surface area (Å²) in [6.07, 6.45) is 14.9. The maximum absolute atomic E-state index is 12.0. The van der Waals surface area contributed by atoms with E-state index in [1.54, 1.807) is 24.3 Å². The van der Waals surface area contributed by atoms with Crippen LogP contribution >= 0.6 is 0 Å². The molecule has 0 aliphatic rings. The van der Waals surface area contributed by atoms with E-state index in [4.69, 9.17) is 19.7 Å². The zero-order chi connectivity index (χ0) is 28.4. The Bertz CT molecular complexity index is 708. The number of esters is 2. The second kappa shape index (κ2) is 24.4. The molecule has 0 saturated carbocycles. The first kappa shape index (κ1) is 35.1. The second-order valence-corrected chi connectivity index (χ2v) is 9.38. The summed E-state index contributed by atoms with van der Waals surface area (Å²) in [5.74, 6) is -2.41. The third kappa shape index (κ3) is 21.2. The molecule has 0 bridgehead atoms. The van der Waals surface area contributed by atoms with Gasteiger partial charge in [0.15, 0.2) is 0 Å². The standard InChI is InChI=1S/C24H38O4.C6H10O4/c1-3-5-7-9-11-13-19-27-23(25)21-15-17-22(18-16-21)24(26)28-20-14-12-10-8-6-4-2;7-5(8)3-1-2-4-6(9)10/h15-18H,3-14,19-20H2,1-2H3;1-4H2,(H,7,8)(H,9,10). The van der Waals surface area contributed by atoms with E-state index in [2.05, 4.69) is 13.8 Å². The van der Waals surface area contributed by atoms with Crippen molar-refractivity contribution in [2.24, 2.45) is 0 Å². The lowest BCUT2D eigenvalue weighted by atomic mass is 10.1. The molecule has 1 aromatic carbocycles. The lowest BCUT2D eigenvalue weighted by Gasteiger charge is -2.07. The summed E-state index contributed by atoms with van der Waals surface area (Å²) in [7, 11) is 0. The second-order valence-electron chi connectivity index (χ2n) is 9.38. The lowest BCUT2D eigenvalue weighted by Crippen LogP contribution is -2.09. The van der Waals surface area contributed by atoms with Gasteiger partial charge in [-0.3, -0.25) is 9.59 Å². The van der Waals surface area contributed by atoms with Crippen molar-refractivity contribution >= 4 is 23.9 Å². The molecule has 0 aliphatic carbocycles. The number of carbonyl (C=O) groups excluding carboxylic acids is 2. The fraction of sp³-hybridized carbons (Fsp3) is 0.667. The first-order valence-corrected chi connectivity index (χ1v) is 14.2. The lowest BCUT2D eigenvalue weighted by molar-refractivity contribution is -0.139. The van der Waals surface area contributed by atoms with E-state index in [1.165, 1.54) is 51.4 Å². The van der Waals surface area contributed by atoms with Crippen molar-refractivity contribution in [1.82, 2.24) is 0 Å². The molecule has 0 unspecified atom stereocenters. The molecule has 38 heavy (non-hydrogen) atoms. The Hall–Kier alpha value is -2.90. The maximum atomic E-state index is 12.0. The number of ether oxygens (including phenoxy) is 2. The van der Waals surface area contributed by atoms with Crippen molar-refractivity contribution in [2.75, 3.05) is 13.2 Å². The van der Waals surface area contributed by atoms with Gasteiger partial charge in [0.25, 0.3) is 0 Å². The number of carboxylic acids is 2. The summed E-state index contributed by atoms with van der Waals surface area (Å²) in [5, 5.41) is 16.3. The predicted molar refractivity (Wildman–Crippen MR) is 147 cm³/mol. The summed E-state index contributed by atoms with van der Waals surface area (Å²) in [6, 6.07) is 6.52. The van der Waals surface area contributed by atoms with Crippen LogP contribution in [0.15, 0.2) is 24.3 Å². The Balaban J connectivity index is 0.00000115. The van der Waals surface area contributed by atoms with Crippen LogP contribution in [0.3, 0.4) is 0 Å². The molecule has 0 heterocycles. The van der Waals surface area contributed by atoms with Crippen molar-refractivity contribution < 1.29 is 38.9 Å². The number of rotatable bonds is 21. The number of hydrogen-bond acceptors (Lipinski definition) is 6. The molecule has 216 valence electrons. The maximum Gasteiger partial charge on any atom is 0.338 e. The van der Waals surface area contributed by atoms with Crippen LogP contribution in [0.1, 0.15) is 137 Å². The van der Waals surface area contributed by atoms with Gasteiger partial charge in [-0.25, -0.2) is 9.59 Å². The van der Waals surface area contributed by atoms with Gasteiger partial charge in [0, 0.05) is 12.8 Å². The minimum atomic E-state index is -0.870. The van der Waals surface area contributed by atoms with E-state index in [0.717, 1.165) is 25.7 Å². The van der Waals surface area contributed by atoms with Crippen LogP contribution < -0.4 is 0 Å². The molecule has 0 fully saturated rings. The smallest absolute Gasteiger partial charge is 0.338 e. The predicted octanol–water partition coefficient (Wildman–Crippen LogP) is 7.44. The molecule has 0 spiro atoms. The van der Waals surface area contributed by atoms with Gasteiger partial charge in [-0.05, 0) is 49.9 Å². The summed E-state index contributed by atoms with van der Waals surface area (Å²) < 4.78 is 10.6. The van der Waals surface area contributed by atoms with E-state index in [9.17, 15) is 19.2 Å². The highest BCUT2D eigenvalue weighted by Gasteiger charge is 2.11. The van der Waals surface area contributed by atoms with Gasteiger partial charge >= 0.3 is 23.9 Å². The molecule has 8 heteroatoms. The Labute approximate surface area is 228 Å². The molecule has 2 N–H and O–H groups in total. The molecule has 1 rings (SSSR count). The van der Waals surface area contributed by atoms with Gasteiger partial charge in [0.05, 0.1) is 24.3 Å². The average Bonchev–Trinajstić information content (AvgIpc) is 2.90. The first-order chi connectivity index (χ1) is 18.3. The molecule has 0 atom stereocenters. The van der Waals surface area contributed by atoms with E-state index in [1.807, 2.05) is 0 Å². The number of hydrogen-bond donors (Lipinski definition) is 2. The number of carboxylic acid groups (broad SMARTS) is 2.